The standard InChI is InChI=1S/C21H20N4O/c1-25(2)19-10-8-17(9-11-19)20(16-6-4-3-5-7-16)23-24-21(26)18-12-14-22-15-13-18/h3-15H,1-2H3,(H,24,26). The molecule has 0 bridgehead atoms. The van der Waals surface area contributed by atoms with E-state index in [0.29, 0.717) is 11.3 Å². The van der Waals surface area contributed by atoms with Crippen LogP contribution in [0.15, 0.2) is 84.2 Å². The van der Waals surface area contributed by atoms with E-state index in [4.69, 9.17) is 0 Å². The predicted molar refractivity (Wildman–Crippen MR) is 105 cm³/mol. The van der Waals surface area contributed by atoms with Crippen LogP contribution in [-0.2, 0) is 0 Å². The van der Waals surface area contributed by atoms with Gasteiger partial charge in [-0.2, -0.15) is 5.10 Å². The summed E-state index contributed by atoms with van der Waals surface area (Å²) in [6.07, 6.45) is 3.16. The second-order valence-electron chi connectivity index (χ2n) is 5.94. The Morgan fingerprint density at radius 1 is 0.846 bits per heavy atom. The maximum atomic E-state index is 12.3. The molecule has 0 saturated carbocycles. The molecule has 130 valence electrons. The number of rotatable bonds is 5. The number of nitrogens with zero attached hydrogens (tertiary/aromatic N) is 3. The third-order valence-corrected chi connectivity index (χ3v) is 3.92. The first-order chi connectivity index (χ1) is 12.6. The largest absolute Gasteiger partial charge is 0.378 e. The molecule has 1 amide bonds. The Morgan fingerprint density at radius 2 is 1.46 bits per heavy atom. The van der Waals surface area contributed by atoms with E-state index >= 15 is 0 Å². The van der Waals surface area contributed by atoms with Crippen LogP contribution >= 0.6 is 0 Å². The van der Waals surface area contributed by atoms with Crippen LogP contribution in [0.25, 0.3) is 0 Å². The van der Waals surface area contributed by atoms with E-state index < -0.39 is 0 Å². The fourth-order valence-corrected chi connectivity index (χ4v) is 2.48. The number of hydrogen-bond donors (Lipinski definition) is 1. The lowest BCUT2D eigenvalue weighted by Gasteiger charge is -2.13. The molecule has 0 aliphatic rings. The summed E-state index contributed by atoms with van der Waals surface area (Å²) in [6.45, 7) is 0. The van der Waals surface area contributed by atoms with E-state index in [-0.39, 0.29) is 5.91 Å². The van der Waals surface area contributed by atoms with Crippen LogP contribution in [0.5, 0.6) is 0 Å². The molecule has 1 N–H and O–H groups in total. The number of amides is 1. The van der Waals surface area contributed by atoms with Gasteiger partial charge in [0.1, 0.15) is 0 Å². The monoisotopic (exact) mass is 344 g/mol. The zero-order chi connectivity index (χ0) is 18.4. The summed E-state index contributed by atoms with van der Waals surface area (Å²) in [7, 11) is 3.99. The molecule has 0 unspecified atom stereocenters. The number of pyridine rings is 1. The molecular formula is C21H20N4O. The highest BCUT2D eigenvalue weighted by atomic mass is 16.2. The summed E-state index contributed by atoms with van der Waals surface area (Å²) < 4.78 is 0. The lowest BCUT2D eigenvalue weighted by Crippen LogP contribution is -2.20. The molecule has 3 aromatic rings. The molecule has 1 aromatic heterocycles. The summed E-state index contributed by atoms with van der Waals surface area (Å²) in [5.41, 5.74) is 6.82. The fourth-order valence-electron chi connectivity index (χ4n) is 2.48. The Morgan fingerprint density at radius 3 is 2.08 bits per heavy atom. The molecule has 0 radical (unpaired) electrons. The Hall–Kier alpha value is -3.47. The highest BCUT2D eigenvalue weighted by Crippen LogP contribution is 2.16. The number of anilines is 1. The maximum Gasteiger partial charge on any atom is 0.271 e. The molecule has 0 fully saturated rings. The molecule has 0 saturated heterocycles. The number of benzene rings is 2. The molecule has 26 heavy (non-hydrogen) atoms. The predicted octanol–water partition coefficient (Wildman–Crippen LogP) is 3.33. The third-order valence-electron chi connectivity index (χ3n) is 3.92. The molecule has 5 heteroatoms. The van der Waals surface area contributed by atoms with E-state index in [1.807, 2.05) is 73.6 Å². The van der Waals surface area contributed by atoms with Crippen molar-refractivity contribution in [1.82, 2.24) is 10.4 Å². The minimum Gasteiger partial charge on any atom is -0.378 e. The van der Waals surface area contributed by atoms with Crippen LogP contribution in [0, 0.1) is 0 Å². The Kier molecular flexibility index (Phi) is 5.39. The van der Waals surface area contributed by atoms with Crippen LogP contribution in [0.4, 0.5) is 5.69 Å². The lowest BCUT2D eigenvalue weighted by molar-refractivity contribution is 0.0955. The number of aromatic nitrogens is 1. The maximum absolute atomic E-state index is 12.3. The van der Waals surface area contributed by atoms with Gasteiger partial charge in [0, 0.05) is 48.9 Å². The zero-order valence-electron chi connectivity index (χ0n) is 14.8. The van der Waals surface area contributed by atoms with Crippen LogP contribution in [0.2, 0.25) is 0 Å². The molecule has 2 aromatic carbocycles. The van der Waals surface area contributed by atoms with Gasteiger partial charge < -0.3 is 4.90 Å². The second kappa shape index (κ2) is 8.07. The molecule has 1 heterocycles. The van der Waals surface area contributed by atoms with Crippen molar-refractivity contribution in [1.29, 1.82) is 0 Å². The van der Waals surface area contributed by atoms with Gasteiger partial charge in [0.2, 0.25) is 0 Å². The number of hydrazone groups is 1. The number of nitrogens with one attached hydrogen (secondary N) is 1. The first-order valence-corrected chi connectivity index (χ1v) is 8.26. The van der Waals surface area contributed by atoms with Crippen LogP contribution in [0.3, 0.4) is 0 Å². The van der Waals surface area contributed by atoms with Gasteiger partial charge in [-0.05, 0) is 24.3 Å². The van der Waals surface area contributed by atoms with Crippen molar-refractivity contribution in [2.24, 2.45) is 5.10 Å². The van der Waals surface area contributed by atoms with Gasteiger partial charge in [0.25, 0.3) is 5.91 Å². The summed E-state index contributed by atoms with van der Waals surface area (Å²) in [5.74, 6) is -0.272. The van der Waals surface area contributed by atoms with E-state index in [0.717, 1.165) is 16.8 Å². The molecule has 5 nitrogen and oxygen atoms in total. The average Bonchev–Trinajstić information content (AvgIpc) is 2.70. The second-order valence-corrected chi connectivity index (χ2v) is 5.94. The van der Waals surface area contributed by atoms with Gasteiger partial charge in [-0.1, -0.05) is 42.5 Å². The minimum absolute atomic E-state index is 0.272. The van der Waals surface area contributed by atoms with Gasteiger partial charge in [-0.3, -0.25) is 9.78 Å². The van der Waals surface area contributed by atoms with Gasteiger partial charge in [-0.25, -0.2) is 5.43 Å². The third kappa shape index (κ3) is 4.13. The molecule has 0 aliphatic carbocycles. The summed E-state index contributed by atoms with van der Waals surface area (Å²) >= 11 is 0. The van der Waals surface area contributed by atoms with E-state index in [1.54, 1.807) is 24.5 Å². The quantitative estimate of drug-likeness (QED) is 0.570. The van der Waals surface area contributed by atoms with E-state index in [9.17, 15) is 4.79 Å². The lowest BCUT2D eigenvalue weighted by atomic mass is 10.0. The van der Waals surface area contributed by atoms with Crippen molar-refractivity contribution in [3.8, 4) is 0 Å². The Balaban J connectivity index is 1.92. The van der Waals surface area contributed by atoms with Crippen molar-refractivity contribution in [3.63, 3.8) is 0 Å². The van der Waals surface area contributed by atoms with Crippen molar-refractivity contribution in [2.75, 3.05) is 19.0 Å². The van der Waals surface area contributed by atoms with Crippen molar-refractivity contribution in [3.05, 3.63) is 95.8 Å². The highest BCUT2D eigenvalue weighted by Gasteiger charge is 2.10. The number of carbonyl (C=O) groups excluding carboxylic acids is 1. The molecule has 0 spiro atoms. The first kappa shape index (κ1) is 17.4. The van der Waals surface area contributed by atoms with Crippen molar-refractivity contribution < 1.29 is 4.79 Å². The summed E-state index contributed by atoms with van der Waals surface area (Å²) in [6, 6.07) is 21.1. The number of hydrogen-bond acceptors (Lipinski definition) is 4. The van der Waals surface area contributed by atoms with Crippen LogP contribution < -0.4 is 10.3 Å². The number of carbonyl (C=O) groups is 1. The van der Waals surface area contributed by atoms with Gasteiger partial charge in [-0.15, -0.1) is 0 Å². The normalized spacial score (nSPS) is 11.1. The first-order valence-electron chi connectivity index (χ1n) is 8.26. The van der Waals surface area contributed by atoms with Crippen molar-refractivity contribution in [2.45, 2.75) is 0 Å². The minimum atomic E-state index is -0.272. The molecule has 0 aliphatic heterocycles. The SMILES string of the molecule is CN(C)c1ccc(C(=NNC(=O)c2ccncc2)c2ccccc2)cc1. The Labute approximate surface area is 153 Å². The van der Waals surface area contributed by atoms with Crippen molar-refractivity contribution >= 4 is 17.3 Å². The van der Waals surface area contributed by atoms with Gasteiger partial charge >= 0.3 is 0 Å². The summed E-state index contributed by atoms with van der Waals surface area (Å²) in [4.78, 5) is 18.3. The Bertz CT molecular complexity index is 888. The van der Waals surface area contributed by atoms with E-state index in [2.05, 4.69) is 15.5 Å². The van der Waals surface area contributed by atoms with Gasteiger partial charge in [0.05, 0.1) is 5.71 Å². The molecular weight excluding hydrogens is 324 g/mol. The smallest absolute Gasteiger partial charge is 0.271 e. The van der Waals surface area contributed by atoms with Crippen LogP contribution in [-0.4, -0.2) is 30.7 Å². The van der Waals surface area contributed by atoms with E-state index in [1.165, 1.54) is 0 Å². The van der Waals surface area contributed by atoms with Crippen LogP contribution in [0.1, 0.15) is 21.5 Å². The molecule has 3 rings (SSSR count). The summed E-state index contributed by atoms with van der Waals surface area (Å²) in [5, 5.41) is 4.40. The molecule has 0 atom stereocenters. The zero-order valence-corrected chi connectivity index (χ0v) is 14.8. The fraction of sp³-hybridized carbons (Fsp3) is 0.0952. The highest BCUT2D eigenvalue weighted by molar-refractivity contribution is 6.13. The van der Waals surface area contributed by atoms with Gasteiger partial charge in [0.15, 0.2) is 0 Å². The topological polar surface area (TPSA) is 57.6 Å². The average molecular weight is 344 g/mol.